The molecule has 0 saturated carbocycles. The Morgan fingerprint density at radius 2 is 1.78 bits per heavy atom. The third-order valence-corrected chi connectivity index (χ3v) is 5.82. The molecule has 7 nitrogen and oxygen atoms in total. The molecular formula is C23H27F2N5O2. The van der Waals surface area contributed by atoms with E-state index in [1.54, 1.807) is 43.2 Å². The molecule has 0 unspecified atom stereocenters. The summed E-state index contributed by atoms with van der Waals surface area (Å²) in [5, 5.41) is 2.88. The van der Waals surface area contributed by atoms with Gasteiger partial charge in [-0.05, 0) is 36.4 Å². The first-order chi connectivity index (χ1) is 15.5. The van der Waals surface area contributed by atoms with Crippen LogP contribution in [0.5, 0.6) is 5.75 Å². The smallest absolute Gasteiger partial charge is 0.320 e. The minimum absolute atomic E-state index is 0.189. The zero-order valence-electron chi connectivity index (χ0n) is 18.2. The monoisotopic (exact) mass is 443 g/mol. The Hall–Kier alpha value is -3.36. The first-order valence-electron chi connectivity index (χ1n) is 10.6. The summed E-state index contributed by atoms with van der Waals surface area (Å²) in [6, 6.07) is 14.5. The highest BCUT2D eigenvalue weighted by Crippen LogP contribution is 2.27. The van der Waals surface area contributed by atoms with E-state index < -0.39 is 6.55 Å². The number of alkyl halides is 2. The van der Waals surface area contributed by atoms with Crippen LogP contribution in [0.2, 0.25) is 0 Å². The number of nitrogens with one attached hydrogen (secondary N) is 1. The van der Waals surface area contributed by atoms with E-state index in [0.717, 1.165) is 29.1 Å². The number of halogens is 2. The number of para-hydroxylation sites is 2. The molecule has 2 heterocycles. The summed E-state index contributed by atoms with van der Waals surface area (Å²) in [7, 11) is 1.64. The molecule has 1 N–H and O–H groups in total. The quantitative estimate of drug-likeness (QED) is 0.624. The van der Waals surface area contributed by atoms with Gasteiger partial charge in [-0.1, -0.05) is 19.1 Å². The minimum Gasteiger partial charge on any atom is -0.497 e. The summed E-state index contributed by atoms with van der Waals surface area (Å²) in [6.45, 7) is 1.94. The Kier molecular flexibility index (Phi) is 6.43. The maximum Gasteiger partial charge on any atom is 0.320 e. The van der Waals surface area contributed by atoms with Crippen molar-refractivity contribution in [2.45, 2.75) is 19.4 Å². The van der Waals surface area contributed by atoms with Gasteiger partial charge in [0.25, 0.3) is 0 Å². The number of amides is 2. The second-order valence-electron chi connectivity index (χ2n) is 7.87. The SMILES string of the molecule is COc1ccc(N2CCN(C(=O)NC[C@@H](C)c3nc4ccccc4n3C(F)F)CC2)cc1. The third kappa shape index (κ3) is 4.46. The molecule has 1 saturated heterocycles. The lowest BCUT2D eigenvalue weighted by Crippen LogP contribution is -2.52. The van der Waals surface area contributed by atoms with Gasteiger partial charge in [0, 0.05) is 44.3 Å². The number of hydrogen-bond donors (Lipinski definition) is 1. The Balaban J connectivity index is 1.33. The number of methoxy groups -OCH3 is 1. The second kappa shape index (κ2) is 9.42. The Morgan fingerprint density at radius 1 is 1.09 bits per heavy atom. The van der Waals surface area contributed by atoms with Gasteiger partial charge in [0.15, 0.2) is 0 Å². The number of rotatable bonds is 6. The van der Waals surface area contributed by atoms with E-state index in [-0.39, 0.29) is 24.3 Å². The molecule has 1 fully saturated rings. The molecular weight excluding hydrogens is 416 g/mol. The van der Waals surface area contributed by atoms with Crippen molar-refractivity contribution in [2.24, 2.45) is 0 Å². The topological polar surface area (TPSA) is 62.6 Å². The molecule has 9 heteroatoms. The van der Waals surface area contributed by atoms with Crippen LogP contribution in [0.4, 0.5) is 19.3 Å². The molecule has 1 atom stereocenters. The van der Waals surface area contributed by atoms with Crippen molar-refractivity contribution in [1.29, 1.82) is 0 Å². The molecule has 0 bridgehead atoms. The number of imidazole rings is 1. The number of anilines is 1. The van der Waals surface area contributed by atoms with Gasteiger partial charge in [-0.15, -0.1) is 0 Å². The van der Waals surface area contributed by atoms with E-state index >= 15 is 0 Å². The van der Waals surface area contributed by atoms with Crippen molar-refractivity contribution in [1.82, 2.24) is 19.8 Å². The average Bonchev–Trinajstić information content (AvgIpc) is 3.22. The molecule has 0 radical (unpaired) electrons. The lowest BCUT2D eigenvalue weighted by atomic mass is 10.1. The normalized spacial score (nSPS) is 15.3. The number of hydrogen-bond acceptors (Lipinski definition) is 4. The number of nitrogens with zero attached hydrogens (tertiary/aromatic N) is 4. The number of carbonyl (C=O) groups excluding carboxylic acids is 1. The van der Waals surface area contributed by atoms with Crippen LogP contribution in [0.1, 0.15) is 25.2 Å². The first kappa shape index (κ1) is 21.9. The van der Waals surface area contributed by atoms with Crippen LogP contribution in [0, 0.1) is 0 Å². The number of carbonyl (C=O) groups is 1. The number of aromatic nitrogens is 2. The average molecular weight is 443 g/mol. The van der Waals surface area contributed by atoms with Gasteiger partial charge in [-0.25, -0.2) is 9.78 Å². The fourth-order valence-corrected chi connectivity index (χ4v) is 4.02. The molecule has 32 heavy (non-hydrogen) atoms. The third-order valence-electron chi connectivity index (χ3n) is 5.82. The maximum absolute atomic E-state index is 13.7. The number of benzene rings is 2. The van der Waals surface area contributed by atoms with E-state index in [1.807, 2.05) is 24.3 Å². The zero-order chi connectivity index (χ0) is 22.7. The van der Waals surface area contributed by atoms with Crippen LogP contribution in [-0.4, -0.2) is 60.3 Å². The predicted octanol–water partition coefficient (Wildman–Crippen LogP) is 4.08. The molecule has 170 valence electrons. The van der Waals surface area contributed by atoms with Crippen molar-refractivity contribution in [3.8, 4) is 5.75 Å². The van der Waals surface area contributed by atoms with Gasteiger partial charge >= 0.3 is 12.6 Å². The minimum atomic E-state index is -2.69. The fraction of sp³-hybridized carbons (Fsp3) is 0.391. The summed E-state index contributed by atoms with van der Waals surface area (Å²) in [4.78, 5) is 21.0. The highest BCUT2D eigenvalue weighted by atomic mass is 19.3. The standard InChI is InChI=1S/C23H27F2N5O2/c1-16(21-27-19-5-3-4-6-20(19)30(21)22(24)25)15-26-23(31)29-13-11-28(12-14-29)17-7-9-18(32-2)10-8-17/h3-10,16,22H,11-15H2,1-2H3,(H,26,31)/t16-/m1/s1. The van der Waals surface area contributed by atoms with Crippen LogP contribution in [-0.2, 0) is 0 Å². The van der Waals surface area contributed by atoms with E-state index in [0.29, 0.717) is 24.1 Å². The predicted molar refractivity (Wildman–Crippen MR) is 120 cm³/mol. The zero-order valence-corrected chi connectivity index (χ0v) is 18.2. The summed E-state index contributed by atoms with van der Waals surface area (Å²) < 4.78 is 33.5. The molecule has 4 rings (SSSR count). The van der Waals surface area contributed by atoms with Crippen LogP contribution in [0.25, 0.3) is 11.0 Å². The Labute approximate surface area is 185 Å². The number of fused-ring (bicyclic) bond motifs is 1. The lowest BCUT2D eigenvalue weighted by molar-refractivity contribution is 0.0704. The fourth-order valence-electron chi connectivity index (χ4n) is 4.02. The highest BCUT2D eigenvalue weighted by molar-refractivity contribution is 5.76. The molecule has 1 aliphatic rings. The summed E-state index contributed by atoms with van der Waals surface area (Å²) in [5.74, 6) is 0.716. The molecule has 0 spiro atoms. The molecule has 0 aliphatic carbocycles. The van der Waals surface area contributed by atoms with Crippen LogP contribution in [0.15, 0.2) is 48.5 Å². The van der Waals surface area contributed by atoms with Crippen LogP contribution in [0.3, 0.4) is 0 Å². The van der Waals surface area contributed by atoms with Crippen molar-refractivity contribution < 1.29 is 18.3 Å². The van der Waals surface area contributed by atoms with Crippen molar-refractivity contribution in [3.05, 3.63) is 54.4 Å². The Morgan fingerprint density at radius 3 is 2.44 bits per heavy atom. The van der Waals surface area contributed by atoms with Gasteiger partial charge in [-0.2, -0.15) is 8.78 Å². The molecule has 3 aromatic rings. The van der Waals surface area contributed by atoms with E-state index in [1.165, 1.54) is 0 Å². The van der Waals surface area contributed by atoms with E-state index in [2.05, 4.69) is 15.2 Å². The number of ether oxygens (including phenoxy) is 1. The van der Waals surface area contributed by atoms with Crippen molar-refractivity contribution >= 4 is 22.8 Å². The van der Waals surface area contributed by atoms with Crippen molar-refractivity contribution in [2.75, 3.05) is 44.7 Å². The molecule has 1 aliphatic heterocycles. The van der Waals surface area contributed by atoms with E-state index in [4.69, 9.17) is 4.74 Å². The highest BCUT2D eigenvalue weighted by Gasteiger charge is 2.24. The van der Waals surface area contributed by atoms with Gasteiger partial charge in [0.05, 0.1) is 18.1 Å². The van der Waals surface area contributed by atoms with Crippen LogP contribution >= 0.6 is 0 Å². The molecule has 2 aromatic carbocycles. The van der Waals surface area contributed by atoms with Gasteiger partial charge in [0.2, 0.25) is 0 Å². The largest absolute Gasteiger partial charge is 0.497 e. The van der Waals surface area contributed by atoms with Gasteiger partial charge in [0.1, 0.15) is 11.6 Å². The van der Waals surface area contributed by atoms with Crippen molar-refractivity contribution in [3.63, 3.8) is 0 Å². The van der Waals surface area contributed by atoms with Gasteiger partial charge in [-0.3, -0.25) is 4.57 Å². The number of urea groups is 1. The summed E-state index contributed by atoms with van der Waals surface area (Å²) in [5.41, 5.74) is 2.01. The first-order valence-corrected chi connectivity index (χ1v) is 10.6. The summed E-state index contributed by atoms with van der Waals surface area (Å²) in [6.07, 6.45) is 0. The Bertz CT molecular complexity index is 1060. The summed E-state index contributed by atoms with van der Waals surface area (Å²) >= 11 is 0. The molecule has 1 aromatic heterocycles. The lowest BCUT2D eigenvalue weighted by Gasteiger charge is -2.36. The number of piperazine rings is 1. The van der Waals surface area contributed by atoms with Gasteiger partial charge < -0.3 is 19.9 Å². The molecule has 2 amide bonds. The van der Waals surface area contributed by atoms with Crippen LogP contribution < -0.4 is 15.0 Å². The van der Waals surface area contributed by atoms with E-state index in [9.17, 15) is 13.6 Å². The second-order valence-corrected chi connectivity index (χ2v) is 7.87. The maximum atomic E-state index is 13.7.